The summed E-state index contributed by atoms with van der Waals surface area (Å²) in [6.45, 7) is 0. The van der Waals surface area contributed by atoms with E-state index in [9.17, 15) is 9.90 Å². The number of carbonyl (C=O) groups excluding carboxylic acids is 1. The Morgan fingerprint density at radius 2 is 2.18 bits per heavy atom. The largest absolute Gasteiger partial charge is 0.508 e. The molecule has 1 heterocycles. The van der Waals surface area contributed by atoms with Crippen molar-refractivity contribution in [3.05, 3.63) is 42.4 Å². The van der Waals surface area contributed by atoms with Crippen LogP contribution in [-0.2, 0) is 0 Å². The Balaban J connectivity index is 2.17. The Morgan fingerprint density at radius 3 is 2.88 bits per heavy atom. The molecule has 0 atom stereocenters. The summed E-state index contributed by atoms with van der Waals surface area (Å²) in [4.78, 5) is 19.1. The van der Waals surface area contributed by atoms with Gasteiger partial charge in [0.2, 0.25) is 0 Å². The van der Waals surface area contributed by atoms with Crippen LogP contribution in [0.1, 0.15) is 10.5 Å². The van der Waals surface area contributed by atoms with E-state index in [1.807, 2.05) is 0 Å². The maximum Gasteiger partial charge on any atom is 0.364 e. The van der Waals surface area contributed by atoms with Gasteiger partial charge < -0.3 is 15.6 Å². The summed E-state index contributed by atoms with van der Waals surface area (Å²) in [5.41, 5.74) is 5.40. The van der Waals surface area contributed by atoms with E-state index in [0.29, 0.717) is 0 Å². The van der Waals surface area contributed by atoms with E-state index in [1.54, 1.807) is 6.07 Å². The fourth-order valence-electron chi connectivity index (χ4n) is 1.19. The molecule has 0 fully saturated rings. The quantitative estimate of drug-likeness (QED) is 0.590. The van der Waals surface area contributed by atoms with Gasteiger partial charge in [-0.15, -0.1) is 0 Å². The van der Waals surface area contributed by atoms with Crippen LogP contribution in [0.5, 0.6) is 11.5 Å². The predicted octanol–water partition coefficient (Wildman–Crippen LogP) is 0.984. The van der Waals surface area contributed by atoms with Crippen LogP contribution in [0.2, 0.25) is 0 Å². The molecular formula is C11H9N3O3. The van der Waals surface area contributed by atoms with Crippen LogP contribution in [0.3, 0.4) is 0 Å². The van der Waals surface area contributed by atoms with Gasteiger partial charge in [0.25, 0.3) is 0 Å². The molecule has 17 heavy (non-hydrogen) atoms. The number of rotatable bonds is 2. The minimum absolute atomic E-state index is 0.00772. The summed E-state index contributed by atoms with van der Waals surface area (Å²) in [6, 6.07) is 5.88. The number of hydrogen-bond acceptors (Lipinski definition) is 6. The van der Waals surface area contributed by atoms with Gasteiger partial charge in [-0.3, -0.25) is 4.98 Å². The lowest BCUT2D eigenvalue weighted by Gasteiger charge is -2.03. The number of aromatic nitrogens is 2. The van der Waals surface area contributed by atoms with E-state index in [-0.39, 0.29) is 23.0 Å². The van der Waals surface area contributed by atoms with E-state index in [0.717, 1.165) is 0 Å². The fourth-order valence-corrected chi connectivity index (χ4v) is 1.19. The smallest absolute Gasteiger partial charge is 0.364 e. The number of nitrogen functional groups attached to an aromatic ring is 1. The molecule has 0 bridgehead atoms. The van der Waals surface area contributed by atoms with Crippen LogP contribution in [0, 0.1) is 0 Å². The molecule has 1 aromatic heterocycles. The molecule has 0 saturated carbocycles. The second kappa shape index (κ2) is 4.48. The average molecular weight is 231 g/mol. The molecule has 86 valence electrons. The minimum atomic E-state index is -0.685. The third-order valence-electron chi connectivity index (χ3n) is 1.89. The highest BCUT2D eigenvalue weighted by atomic mass is 16.5. The molecule has 3 N–H and O–H groups in total. The van der Waals surface area contributed by atoms with Gasteiger partial charge in [-0.1, -0.05) is 6.07 Å². The van der Waals surface area contributed by atoms with Crippen LogP contribution in [0.15, 0.2) is 36.7 Å². The first-order valence-corrected chi connectivity index (χ1v) is 4.74. The third-order valence-corrected chi connectivity index (χ3v) is 1.89. The van der Waals surface area contributed by atoms with Gasteiger partial charge in [0.1, 0.15) is 17.3 Å². The number of esters is 1. The van der Waals surface area contributed by atoms with Crippen molar-refractivity contribution in [2.45, 2.75) is 0 Å². The molecule has 6 nitrogen and oxygen atoms in total. The molecule has 0 amide bonds. The lowest BCUT2D eigenvalue weighted by Crippen LogP contribution is -2.11. The van der Waals surface area contributed by atoms with E-state index < -0.39 is 5.97 Å². The summed E-state index contributed by atoms with van der Waals surface area (Å²) in [7, 11) is 0. The monoisotopic (exact) mass is 231 g/mol. The number of hydrogen-bond donors (Lipinski definition) is 2. The Kier molecular flexibility index (Phi) is 2.87. The molecule has 0 spiro atoms. The second-order valence-electron chi connectivity index (χ2n) is 3.22. The molecule has 0 unspecified atom stereocenters. The Bertz CT molecular complexity index is 557. The van der Waals surface area contributed by atoms with Gasteiger partial charge in [0, 0.05) is 6.07 Å². The fraction of sp³-hybridized carbons (Fsp3) is 0. The van der Waals surface area contributed by atoms with Crippen molar-refractivity contribution in [3.8, 4) is 11.5 Å². The molecule has 1 aromatic carbocycles. The maximum absolute atomic E-state index is 11.6. The van der Waals surface area contributed by atoms with Crippen molar-refractivity contribution in [2.75, 3.05) is 5.73 Å². The zero-order valence-electron chi connectivity index (χ0n) is 8.70. The topological polar surface area (TPSA) is 98.3 Å². The van der Waals surface area contributed by atoms with Gasteiger partial charge in [0.15, 0.2) is 5.69 Å². The first-order valence-electron chi connectivity index (χ1n) is 4.74. The van der Waals surface area contributed by atoms with Gasteiger partial charge in [-0.05, 0) is 12.1 Å². The molecule has 2 aromatic rings. The Labute approximate surface area is 96.7 Å². The SMILES string of the molecule is Nc1cncc(C(=O)Oc2cccc(O)c2)n1. The lowest BCUT2D eigenvalue weighted by molar-refractivity contribution is 0.0728. The molecule has 6 heteroatoms. The van der Waals surface area contributed by atoms with Gasteiger partial charge in [-0.2, -0.15) is 0 Å². The predicted molar refractivity (Wildman–Crippen MR) is 59.5 cm³/mol. The molecule has 0 aliphatic carbocycles. The number of phenols is 1. The number of ether oxygens (including phenoxy) is 1. The van der Waals surface area contributed by atoms with Gasteiger partial charge in [0.05, 0.1) is 12.4 Å². The molecule has 0 saturated heterocycles. The highest BCUT2D eigenvalue weighted by Gasteiger charge is 2.11. The molecule has 0 aliphatic rings. The summed E-state index contributed by atoms with van der Waals surface area (Å²) in [6.07, 6.45) is 2.58. The average Bonchev–Trinajstić information content (AvgIpc) is 2.29. The number of benzene rings is 1. The van der Waals surface area contributed by atoms with Crippen molar-refractivity contribution in [1.82, 2.24) is 9.97 Å². The number of nitrogens with two attached hydrogens (primary N) is 1. The number of carbonyl (C=O) groups is 1. The summed E-state index contributed by atoms with van der Waals surface area (Å²) in [5.74, 6) is -0.320. The number of phenolic OH excluding ortho intramolecular Hbond substituents is 1. The number of aromatic hydroxyl groups is 1. The first kappa shape index (κ1) is 10.9. The summed E-state index contributed by atoms with van der Waals surface area (Å²) >= 11 is 0. The molecular weight excluding hydrogens is 222 g/mol. The van der Waals surface area contributed by atoms with E-state index in [2.05, 4.69) is 9.97 Å². The van der Waals surface area contributed by atoms with Crippen LogP contribution in [0.25, 0.3) is 0 Å². The molecule has 0 radical (unpaired) electrons. The second-order valence-corrected chi connectivity index (χ2v) is 3.22. The highest BCUT2D eigenvalue weighted by Crippen LogP contribution is 2.18. The lowest BCUT2D eigenvalue weighted by atomic mass is 10.3. The van der Waals surface area contributed by atoms with Crippen LogP contribution >= 0.6 is 0 Å². The van der Waals surface area contributed by atoms with Crippen molar-refractivity contribution < 1.29 is 14.6 Å². The van der Waals surface area contributed by atoms with Crippen LogP contribution in [0.4, 0.5) is 5.82 Å². The van der Waals surface area contributed by atoms with Crippen molar-refractivity contribution >= 4 is 11.8 Å². The van der Waals surface area contributed by atoms with Gasteiger partial charge >= 0.3 is 5.97 Å². The molecule has 0 aliphatic heterocycles. The number of anilines is 1. The van der Waals surface area contributed by atoms with E-state index in [4.69, 9.17) is 10.5 Å². The number of nitrogens with zero attached hydrogens (tertiary/aromatic N) is 2. The van der Waals surface area contributed by atoms with Crippen LogP contribution < -0.4 is 10.5 Å². The maximum atomic E-state index is 11.6. The Morgan fingerprint density at radius 1 is 1.35 bits per heavy atom. The van der Waals surface area contributed by atoms with Gasteiger partial charge in [-0.25, -0.2) is 9.78 Å². The first-order chi connectivity index (χ1) is 8.15. The third kappa shape index (κ3) is 2.69. The summed E-state index contributed by atoms with van der Waals surface area (Å²) in [5, 5.41) is 9.20. The Hall–Kier alpha value is -2.63. The summed E-state index contributed by atoms with van der Waals surface area (Å²) < 4.78 is 4.98. The molecule has 2 rings (SSSR count). The van der Waals surface area contributed by atoms with E-state index >= 15 is 0 Å². The highest BCUT2D eigenvalue weighted by molar-refractivity contribution is 5.89. The van der Waals surface area contributed by atoms with Crippen LogP contribution in [-0.4, -0.2) is 21.0 Å². The zero-order valence-corrected chi connectivity index (χ0v) is 8.70. The zero-order chi connectivity index (χ0) is 12.3. The van der Waals surface area contributed by atoms with Crippen molar-refractivity contribution in [1.29, 1.82) is 0 Å². The normalized spacial score (nSPS) is 9.88. The minimum Gasteiger partial charge on any atom is -0.508 e. The van der Waals surface area contributed by atoms with Crippen molar-refractivity contribution in [3.63, 3.8) is 0 Å². The standard InChI is InChI=1S/C11H9N3O3/c12-10-6-13-5-9(14-10)11(16)17-8-3-1-2-7(15)4-8/h1-6,15H,(H2,12,14). The van der Waals surface area contributed by atoms with Crippen molar-refractivity contribution in [2.24, 2.45) is 0 Å². The van der Waals surface area contributed by atoms with E-state index in [1.165, 1.54) is 30.6 Å².